The fraction of sp³-hybridized carbons (Fsp3) is 0.552. The van der Waals surface area contributed by atoms with E-state index in [1.807, 2.05) is 6.07 Å². The Hall–Kier alpha value is -2.49. The number of aliphatic hydroxyl groups excluding tert-OH is 1. The van der Waals surface area contributed by atoms with Crippen LogP contribution in [0.1, 0.15) is 67.0 Å². The van der Waals surface area contributed by atoms with Gasteiger partial charge < -0.3 is 14.6 Å². The van der Waals surface area contributed by atoms with Gasteiger partial charge in [0.05, 0.1) is 31.0 Å². The zero-order chi connectivity index (χ0) is 27.9. The Labute approximate surface area is 221 Å². The van der Waals surface area contributed by atoms with Gasteiger partial charge in [-0.1, -0.05) is 24.3 Å². The Balaban J connectivity index is 1.62. The standard InChI is InChI=1S/C29H37F4NO4/c1-4-37-28(36)13-12-25-24(8-5-9-26(25)29(31,32)33)20(3)38-18-23(35)17-34-14-6-7-22(34)15-21-11-10-19(2)27(30)16-21/h5,8-11,16,20,22-23,35H,4,6-7,12-15,17-18H2,1-3H3/t20-,22+,23+/m1/s1. The maximum Gasteiger partial charge on any atom is 0.416 e. The Bertz CT molecular complexity index is 1080. The van der Waals surface area contributed by atoms with Gasteiger partial charge in [0.1, 0.15) is 5.82 Å². The van der Waals surface area contributed by atoms with Crippen LogP contribution in [0.2, 0.25) is 0 Å². The lowest BCUT2D eigenvalue weighted by atomic mass is 9.93. The molecule has 1 fully saturated rings. The zero-order valence-corrected chi connectivity index (χ0v) is 22.2. The van der Waals surface area contributed by atoms with Gasteiger partial charge in [0.25, 0.3) is 0 Å². The molecule has 1 saturated heterocycles. The van der Waals surface area contributed by atoms with Crippen molar-refractivity contribution in [3.63, 3.8) is 0 Å². The lowest BCUT2D eigenvalue weighted by Crippen LogP contribution is -2.39. The molecule has 9 heteroatoms. The van der Waals surface area contributed by atoms with E-state index in [-0.39, 0.29) is 43.5 Å². The molecule has 0 bridgehead atoms. The number of aryl methyl sites for hydroxylation is 1. The predicted octanol–water partition coefficient (Wildman–Crippen LogP) is 5.79. The lowest BCUT2D eigenvalue weighted by molar-refractivity contribution is -0.144. The van der Waals surface area contributed by atoms with E-state index in [0.717, 1.165) is 31.0 Å². The van der Waals surface area contributed by atoms with Gasteiger partial charge in [0.2, 0.25) is 0 Å². The number of alkyl halides is 3. The Kier molecular flexibility index (Phi) is 10.7. The van der Waals surface area contributed by atoms with Crippen LogP contribution in [0.3, 0.4) is 0 Å². The average molecular weight is 540 g/mol. The Morgan fingerprint density at radius 2 is 2.00 bits per heavy atom. The van der Waals surface area contributed by atoms with Crippen molar-refractivity contribution in [1.29, 1.82) is 0 Å². The second-order valence-electron chi connectivity index (χ2n) is 9.88. The van der Waals surface area contributed by atoms with Gasteiger partial charge in [-0.2, -0.15) is 13.2 Å². The number of ether oxygens (including phenoxy) is 2. The maximum absolute atomic E-state index is 14.0. The highest BCUT2D eigenvalue weighted by molar-refractivity contribution is 5.69. The normalized spacial score (nSPS) is 17.9. The summed E-state index contributed by atoms with van der Waals surface area (Å²) in [7, 11) is 0. The van der Waals surface area contributed by atoms with Gasteiger partial charge in [-0.25, -0.2) is 4.39 Å². The quantitative estimate of drug-likeness (QED) is 0.273. The number of rotatable bonds is 12. The van der Waals surface area contributed by atoms with Crippen molar-refractivity contribution in [1.82, 2.24) is 4.90 Å². The first-order valence-electron chi connectivity index (χ1n) is 13.1. The molecule has 2 aromatic rings. The largest absolute Gasteiger partial charge is 0.466 e. The molecule has 0 spiro atoms. The highest BCUT2D eigenvalue weighted by Crippen LogP contribution is 2.36. The van der Waals surface area contributed by atoms with Crippen LogP contribution >= 0.6 is 0 Å². The van der Waals surface area contributed by atoms with E-state index in [9.17, 15) is 27.5 Å². The van der Waals surface area contributed by atoms with Gasteiger partial charge in [-0.15, -0.1) is 0 Å². The Morgan fingerprint density at radius 1 is 1.24 bits per heavy atom. The molecule has 1 aliphatic rings. The number of hydrogen-bond donors (Lipinski definition) is 1. The van der Waals surface area contributed by atoms with Crippen LogP contribution in [-0.2, 0) is 33.3 Å². The highest BCUT2D eigenvalue weighted by Gasteiger charge is 2.35. The third-order valence-corrected chi connectivity index (χ3v) is 7.03. The number of benzene rings is 2. The molecule has 0 unspecified atom stereocenters. The summed E-state index contributed by atoms with van der Waals surface area (Å²) < 4.78 is 65.8. The number of carbonyl (C=O) groups excluding carboxylic acids is 1. The minimum Gasteiger partial charge on any atom is -0.466 e. The first-order chi connectivity index (χ1) is 18.0. The topological polar surface area (TPSA) is 59.0 Å². The second kappa shape index (κ2) is 13.5. The van der Waals surface area contributed by atoms with E-state index in [1.54, 1.807) is 39.0 Å². The predicted molar refractivity (Wildman–Crippen MR) is 136 cm³/mol. The molecule has 5 nitrogen and oxygen atoms in total. The molecule has 0 saturated carbocycles. The van der Waals surface area contributed by atoms with Gasteiger partial charge in [-0.3, -0.25) is 9.69 Å². The molecule has 0 amide bonds. The van der Waals surface area contributed by atoms with Crippen molar-refractivity contribution in [2.75, 3.05) is 26.3 Å². The van der Waals surface area contributed by atoms with Crippen molar-refractivity contribution in [2.24, 2.45) is 0 Å². The summed E-state index contributed by atoms with van der Waals surface area (Å²) >= 11 is 0. The van der Waals surface area contributed by atoms with Crippen LogP contribution in [0.15, 0.2) is 36.4 Å². The SMILES string of the molecule is CCOC(=O)CCc1c([C@@H](C)OC[C@@H](O)CN2CCC[C@H]2Cc2ccc(C)c(F)c2)cccc1C(F)(F)F. The molecule has 0 radical (unpaired) electrons. The molecular weight excluding hydrogens is 502 g/mol. The molecule has 210 valence electrons. The molecule has 3 rings (SSSR count). The van der Waals surface area contributed by atoms with Crippen molar-refractivity contribution >= 4 is 5.97 Å². The Morgan fingerprint density at radius 3 is 2.68 bits per heavy atom. The van der Waals surface area contributed by atoms with Gasteiger partial charge >= 0.3 is 12.1 Å². The van der Waals surface area contributed by atoms with E-state index < -0.39 is 29.9 Å². The highest BCUT2D eigenvalue weighted by atomic mass is 19.4. The molecule has 0 aromatic heterocycles. The van der Waals surface area contributed by atoms with Crippen LogP contribution in [-0.4, -0.2) is 54.4 Å². The fourth-order valence-electron chi connectivity index (χ4n) is 5.06. The van der Waals surface area contributed by atoms with E-state index in [1.165, 1.54) is 6.07 Å². The number of β-amino-alcohol motifs (C(OH)–C–C–N with tert-alkyl or cyclic N) is 1. The molecule has 1 N–H and O–H groups in total. The minimum absolute atomic E-state index is 0.0000187. The van der Waals surface area contributed by atoms with E-state index >= 15 is 0 Å². The third kappa shape index (κ3) is 8.25. The molecule has 0 aliphatic carbocycles. The van der Waals surface area contributed by atoms with Crippen LogP contribution in [0.5, 0.6) is 0 Å². The van der Waals surface area contributed by atoms with Gasteiger partial charge in [0, 0.05) is 19.0 Å². The van der Waals surface area contributed by atoms with E-state index in [0.29, 0.717) is 24.1 Å². The lowest BCUT2D eigenvalue weighted by Gasteiger charge is -2.28. The zero-order valence-electron chi connectivity index (χ0n) is 22.2. The average Bonchev–Trinajstić information content (AvgIpc) is 3.29. The van der Waals surface area contributed by atoms with Crippen LogP contribution < -0.4 is 0 Å². The summed E-state index contributed by atoms with van der Waals surface area (Å²) in [6, 6.07) is 9.30. The number of hydrogen-bond acceptors (Lipinski definition) is 5. The molecule has 2 aromatic carbocycles. The van der Waals surface area contributed by atoms with Crippen LogP contribution in [0, 0.1) is 12.7 Å². The van der Waals surface area contributed by atoms with E-state index in [4.69, 9.17) is 9.47 Å². The van der Waals surface area contributed by atoms with Gasteiger partial charge in [0.15, 0.2) is 0 Å². The number of aliphatic hydroxyl groups is 1. The summed E-state index contributed by atoms with van der Waals surface area (Å²) in [4.78, 5) is 14.0. The summed E-state index contributed by atoms with van der Waals surface area (Å²) in [5, 5.41) is 10.7. The van der Waals surface area contributed by atoms with Crippen molar-refractivity contribution in [3.05, 3.63) is 70.0 Å². The first kappa shape index (κ1) is 30.1. The van der Waals surface area contributed by atoms with Crippen molar-refractivity contribution in [3.8, 4) is 0 Å². The third-order valence-electron chi connectivity index (χ3n) is 7.03. The van der Waals surface area contributed by atoms with E-state index in [2.05, 4.69) is 4.90 Å². The first-order valence-corrected chi connectivity index (χ1v) is 13.1. The number of likely N-dealkylation sites (tertiary alicyclic amines) is 1. The number of halogens is 4. The summed E-state index contributed by atoms with van der Waals surface area (Å²) in [6.07, 6.45) is -3.88. The number of esters is 1. The fourth-order valence-corrected chi connectivity index (χ4v) is 5.06. The monoisotopic (exact) mass is 539 g/mol. The van der Waals surface area contributed by atoms with Gasteiger partial charge in [-0.05, 0) is 87.4 Å². The minimum atomic E-state index is -4.58. The molecule has 3 atom stereocenters. The number of nitrogens with zero attached hydrogens (tertiary/aromatic N) is 1. The summed E-state index contributed by atoms with van der Waals surface area (Å²) in [5.74, 6) is -0.793. The molecule has 1 aliphatic heterocycles. The number of carbonyl (C=O) groups is 1. The van der Waals surface area contributed by atoms with Crippen molar-refractivity contribution < 1.29 is 36.9 Å². The summed E-state index contributed by atoms with van der Waals surface area (Å²) in [6.45, 7) is 6.25. The molecule has 1 heterocycles. The van der Waals surface area contributed by atoms with Crippen LogP contribution in [0.4, 0.5) is 17.6 Å². The smallest absolute Gasteiger partial charge is 0.416 e. The molecular formula is C29H37F4NO4. The second-order valence-corrected chi connectivity index (χ2v) is 9.88. The van der Waals surface area contributed by atoms with Crippen LogP contribution in [0.25, 0.3) is 0 Å². The maximum atomic E-state index is 14.0. The van der Waals surface area contributed by atoms with Crippen molar-refractivity contribution in [2.45, 2.75) is 77.3 Å². The summed E-state index contributed by atoms with van der Waals surface area (Å²) in [5.41, 5.74) is 1.03. The molecule has 38 heavy (non-hydrogen) atoms.